The van der Waals surface area contributed by atoms with Crippen LogP contribution in [0.25, 0.3) is 0 Å². The van der Waals surface area contributed by atoms with Crippen LogP contribution >= 0.6 is 0 Å². The summed E-state index contributed by atoms with van der Waals surface area (Å²) >= 11 is 0. The standard InChI is InChI=1S/C33H41F2N5O6/c1-20(2)29(32(44)46-3)40-33(45)39-27(19-22-9-7-11-24(35)17-22)31(43)38-26-12-4-5-15-36-28(41)14-13-25(37-30(26)42)18-21-8-6-10-23(34)16-21/h6-11,13-14,16-17,20,25-27,29H,4-5,12,15,18-19H2,1-3H3,(H,36,41)(H,37,42)(H,38,43)(H2,39,40,45)/b14-13+/t25-,26+,27+,29?/m1/s1. The molecule has 248 valence electrons. The van der Waals surface area contributed by atoms with Gasteiger partial charge >= 0.3 is 12.0 Å². The van der Waals surface area contributed by atoms with Crippen molar-refractivity contribution in [2.45, 2.75) is 70.1 Å². The molecule has 0 saturated carbocycles. The molecule has 0 aromatic heterocycles. The second kappa shape index (κ2) is 17.6. The van der Waals surface area contributed by atoms with Gasteiger partial charge < -0.3 is 31.3 Å². The van der Waals surface area contributed by atoms with E-state index >= 15 is 0 Å². The summed E-state index contributed by atoms with van der Waals surface area (Å²) in [4.78, 5) is 64.7. The first kappa shape index (κ1) is 35.7. The molecule has 5 amide bonds. The number of rotatable bonds is 10. The van der Waals surface area contributed by atoms with Crippen LogP contribution in [0.1, 0.15) is 44.2 Å². The number of benzene rings is 2. The molecule has 11 nitrogen and oxygen atoms in total. The van der Waals surface area contributed by atoms with E-state index in [1.165, 1.54) is 55.7 Å². The predicted molar refractivity (Wildman–Crippen MR) is 166 cm³/mol. The highest BCUT2D eigenvalue weighted by Crippen LogP contribution is 2.12. The van der Waals surface area contributed by atoms with Gasteiger partial charge in [0.25, 0.3) is 0 Å². The van der Waals surface area contributed by atoms with Gasteiger partial charge in [-0.05, 0) is 67.0 Å². The second-order valence-corrected chi connectivity index (χ2v) is 11.4. The summed E-state index contributed by atoms with van der Waals surface area (Å²) in [6.07, 6.45) is 4.07. The molecule has 0 aliphatic carbocycles. The Kier molecular flexibility index (Phi) is 13.7. The monoisotopic (exact) mass is 641 g/mol. The number of methoxy groups -OCH3 is 1. The highest BCUT2D eigenvalue weighted by Gasteiger charge is 2.30. The Balaban J connectivity index is 1.83. The zero-order valence-corrected chi connectivity index (χ0v) is 26.1. The first-order valence-electron chi connectivity index (χ1n) is 15.2. The van der Waals surface area contributed by atoms with E-state index in [2.05, 4.69) is 26.6 Å². The number of ether oxygens (including phenoxy) is 1. The topological polar surface area (TPSA) is 155 Å². The molecule has 46 heavy (non-hydrogen) atoms. The van der Waals surface area contributed by atoms with E-state index in [1.807, 2.05) is 0 Å². The number of nitrogens with one attached hydrogen (secondary N) is 5. The van der Waals surface area contributed by atoms with Crippen LogP contribution < -0.4 is 26.6 Å². The van der Waals surface area contributed by atoms with Gasteiger partial charge in [0.05, 0.1) is 13.2 Å². The molecule has 1 unspecified atom stereocenters. The number of halogens is 2. The Bertz CT molecular complexity index is 1420. The Labute approximate surface area is 266 Å². The molecule has 0 fully saturated rings. The first-order chi connectivity index (χ1) is 21.9. The Morgan fingerprint density at radius 2 is 1.65 bits per heavy atom. The lowest BCUT2D eigenvalue weighted by Crippen LogP contribution is -2.58. The van der Waals surface area contributed by atoms with Crippen molar-refractivity contribution < 1.29 is 37.5 Å². The van der Waals surface area contributed by atoms with Gasteiger partial charge in [-0.1, -0.05) is 44.2 Å². The maximum Gasteiger partial charge on any atom is 0.328 e. The quantitative estimate of drug-likeness (QED) is 0.251. The van der Waals surface area contributed by atoms with Crippen LogP contribution in [-0.2, 0) is 36.8 Å². The van der Waals surface area contributed by atoms with Crippen LogP contribution in [0, 0.1) is 17.6 Å². The minimum atomic E-state index is -1.26. The molecule has 13 heteroatoms. The van der Waals surface area contributed by atoms with Crippen LogP contribution in [-0.4, -0.2) is 67.5 Å². The summed E-state index contributed by atoms with van der Waals surface area (Å²) in [6, 6.07) is 6.55. The smallest absolute Gasteiger partial charge is 0.328 e. The average Bonchev–Trinajstić information content (AvgIpc) is 3.00. The number of hydrogen-bond donors (Lipinski definition) is 5. The van der Waals surface area contributed by atoms with Crippen molar-refractivity contribution in [3.8, 4) is 0 Å². The third-order valence-corrected chi connectivity index (χ3v) is 7.36. The van der Waals surface area contributed by atoms with Crippen LogP contribution in [0.2, 0.25) is 0 Å². The largest absolute Gasteiger partial charge is 0.467 e. The van der Waals surface area contributed by atoms with Crippen LogP contribution in [0.15, 0.2) is 60.7 Å². The average molecular weight is 642 g/mol. The molecule has 2 aromatic carbocycles. The van der Waals surface area contributed by atoms with E-state index in [9.17, 15) is 32.8 Å². The lowest BCUT2D eigenvalue weighted by Gasteiger charge is -2.26. The number of hydrogen-bond acceptors (Lipinski definition) is 6. The van der Waals surface area contributed by atoms with Crippen LogP contribution in [0.4, 0.5) is 13.6 Å². The Hall–Kier alpha value is -4.81. The molecule has 0 saturated heterocycles. The lowest BCUT2D eigenvalue weighted by molar-refractivity contribution is -0.144. The van der Waals surface area contributed by atoms with E-state index in [1.54, 1.807) is 26.0 Å². The minimum Gasteiger partial charge on any atom is -0.467 e. The highest BCUT2D eigenvalue weighted by molar-refractivity contribution is 5.93. The first-order valence-corrected chi connectivity index (χ1v) is 15.2. The number of amides is 5. The summed E-state index contributed by atoms with van der Waals surface area (Å²) in [5.41, 5.74) is 0.994. The molecule has 2 aromatic rings. The molecule has 1 aliphatic rings. The number of carbonyl (C=O) groups excluding carboxylic acids is 5. The maximum atomic E-state index is 14.0. The molecular formula is C33H41F2N5O6. The molecule has 4 atom stereocenters. The molecule has 0 bridgehead atoms. The van der Waals surface area contributed by atoms with Crippen molar-refractivity contribution in [3.05, 3.63) is 83.4 Å². The van der Waals surface area contributed by atoms with Gasteiger partial charge in [0, 0.05) is 19.0 Å². The SMILES string of the molecule is COC(=O)C(NC(=O)N[C@@H](Cc1cccc(F)c1)C(=O)N[C@H]1CCCCNC(=O)/C=C/[C@H](Cc2cccc(F)c2)NC1=O)C(C)C. The zero-order chi connectivity index (χ0) is 33.6. The Morgan fingerprint density at radius 3 is 2.30 bits per heavy atom. The molecule has 0 spiro atoms. The number of carbonyl (C=O) groups is 5. The van der Waals surface area contributed by atoms with Crippen molar-refractivity contribution in [3.63, 3.8) is 0 Å². The van der Waals surface area contributed by atoms with Crippen LogP contribution in [0.3, 0.4) is 0 Å². The second-order valence-electron chi connectivity index (χ2n) is 11.4. The summed E-state index contributed by atoms with van der Waals surface area (Å²) < 4.78 is 32.6. The normalized spacial score (nSPS) is 19.3. The van der Waals surface area contributed by atoms with E-state index < -0.39 is 59.6 Å². The minimum absolute atomic E-state index is 0.118. The fraction of sp³-hybridized carbons (Fsp3) is 0.424. The molecule has 1 heterocycles. The summed E-state index contributed by atoms with van der Waals surface area (Å²) in [5.74, 6) is -3.56. The fourth-order valence-corrected chi connectivity index (χ4v) is 4.93. The molecule has 1 aliphatic heterocycles. The van der Waals surface area contributed by atoms with Crippen molar-refractivity contribution >= 4 is 29.7 Å². The van der Waals surface area contributed by atoms with Gasteiger partial charge in [-0.2, -0.15) is 0 Å². The Morgan fingerprint density at radius 1 is 0.978 bits per heavy atom. The van der Waals surface area contributed by atoms with E-state index in [4.69, 9.17) is 4.74 Å². The predicted octanol–water partition coefficient (Wildman–Crippen LogP) is 2.44. The van der Waals surface area contributed by atoms with E-state index in [-0.39, 0.29) is 31.1 Å². The highest BCUT2D eigenvalue weighted by atomic mass is 19.1. The molecule has 5 N–H and O–H groups in total. The third-order valence-electron chi connectivity index (χ3n) is 7.36. The number of esters is 1. The summed E-state index contributed by atoms with van der Waals surface area (Å²) in [5, 5.41) is 13.4. The number of urea groups is 1. The van der Waals surface area contributed by atoms with Crippen molar-refractivity contribution in [1.29, 1.82) is 0 Å². The van der Waals surface area contributed by atoms with E-state index in [0.29, 0.717) is 30.5 Å². The van der Waals surface area contributed by atoms with Gasteiger partial charge in [0.15, 0.2) is 0 Å². The molecular weight excluding hydrogens is 600 g/mol. The molecule has 3 rings (SSSR count). The molecule has 0 radical (unpaired) electrons. The van der Waals surface area contributed by atoms with Crippen molar-refractivity contribution in [1.82, 2.24) is 26.6 Å². The van der Waals surface area contributed by atoms with Gasteiger partial charge in [0.1, 0.15) is 29.8 Å². The van der Waals surface area contributed by atoms with Gasteiger partial charge in [-0.25, -0.2) is 18.4 Å². The van der Waals surface area contributed by atoms with Gasteiger partial charge in [-0.3, -0.25) is 14.4 Å². The maximum absolute atomic E-state index is 14.0. The van der Waals surface area contributed by atoms with Gasteiger partial charge in [-0.15, -0.1) is 0 Å². The zero-order valence-electron chi connectivity index (χ0n) is 26.1. The van der Waals surface area contributed by atoms with E-state index in [0.717, 1.165) is 0 Å². The van der Waals surface area contributed by atoms with Crippen LogP contribution in [0.5, 0.6) is 0 Å². The third kappa shape index (κ3) is 11.6. The fourth-order valence-electron chi connectivity index (χ4n) is 4.93. The summed E-state index contributed by atoms with van der Waals surface area (Å²) in [7, 11) is 1.19. The summed E-state index contributed by atoms with van der Waals surface area (Å²) in [6.45, 7) is 3.77. The van der Waals surface area contributed by atoms with Crippen molar-refractivity contribution in [2.24, 2.45) is 5.92 Å². The van der Waals surface area contributed by atoms with Crippen molar-refractivity contribution in [2.75, 3.05) is 13.7 Å². The lowest BCUT2D eigenvalue weighted by atomic mass is 10.0. The van der Waals surface area contributed by atoms with Gasteiger partial charge in [0.2, 0.25) is 17.7 Å².